The van der Waals surface area contributed by atoms with Gasteiger partial charge in [0.15, 0.2) is 11.5 Å². The third kappa shape index (κ3) is 2.48. The summed E-state index contributed by atoms with van der Waals surface area (Å²) in [4.78, 5) is 11.8. The zero-order valence-electron chi connectivity index (χ0n) is 10.2. The first-order valence-corrected chi connectivity index (χ1v) is 5.72. The molecule has 1 aliphatic heterocycles. The molecule has 0 aromatic heterocycles. The van der Waals surface area contributed by atoms with Crippen LogP contribution >= 0.6 is 0 Å². The topological polar surface area (TPSA) is 82.8 Å². The Morgan fingerprint density at radius 3 is 2.94 bits per heavy atom. The lowest BCUT2D eigenvalue weighted by molar-refractivity contribution is 0.0952. The third-order valence-electron chi connectivity index (χ3n) is 2.52. The second-order valence-corrected chi connectivity index (χ2v) is 3.75. The Morgan fingerprint density at radius 1 is 1.44 bits per heavy atom. The van der Waals surface area contributed by atoms with Crippen LogP contribution in [0.5, 0.6) is 17.2 Å². The van der Waals surface area contributed by atoms with Crippen LogP contribution in [0.15, 0.2) is 12.1 Å². The number of nitrogens with two attached hydrogens (primary N) is 1. The number of benzene rings is 1. The van der Waals surface area contributed by atoms with Gasteiger partial charge in [0.05, 0.1) is 7.11 Å². The van der Waals surface area contributed by atoms with Crippen molar-refractivity contribution in [2.75, 3.05) is 33.4 Å². The summed E-state index contributed by atoms with van der Waals surface area (Å²) in [6, 6.07) is 3.27. The maximum atomic E-state index is 11.8. The molecule has 6 nitrogen and oxygen atoms in total. The van der Waals surface area contributed by atoms with Crippen molar-refractivity contribution in [3.63, 3.8) is 0 Å². The van der Waals surface area contributed by atoms with Gasteiger partial charge in [0.1, 0.15) is 13.2 Å². The fourth-order valence-corrected chi connectivity index (χ4v) is 1.69. The summed E-state index contributed by atoms with van der Waals surface area (Å²) in [6.07, 6.45) is 0. The van der Waals surface area contributed by atoms with Crippen LogP contribution in [-0.2, 0) is 0 Å². The van der Waals surface area contributed by atoms with E-state index < -0.39 is 0 Å². The summed E-state index contributed by atoms with van der Waals surface area (Å²) < 4.78 is 16.1. The minimum absolute atomic E-state index is 0.212. The number of hydrogen-bond donors (Lipinski definition) is 2. The van der Waals surface area contributed by atoms with Gasteiger partial charge in [-0.3, -0.25) is 4.79 Å². The summed E-state index contributed by atoms with van der Waals surface area (Å²) in [7, 11) is 1.52. The molecule has 0 saturated heterocycles. The molecular formula is C12H16N2O4. The molecule has 0 radical (unpaired) electrons. The molecule has 18 heavy (non-hydrogen) atoms. The predicted octanol–water partition coefficient (Wildman–Crippen LogP) is 0.155. The van der Waals surface area contributed by atoms with Gasteiger partial charge in [0, 0.05) is 18.7 Å². The van der Waals surface area contributed by atoms with Crippen molar-refractivity contribution in [1.29, 1.82) is 0 Å². The Hall–Kier alpha value is -1.95. The fraction of sp³-hybridized carbons (Fsp3) is 0.417. The molecule has 0 aliphatic carbocycles. The average Bonchev–Trinajstić information content (AvgIpc) is 2.43. The Morgan fingerprint density at radius 2 is 2.22 bits per heavy atom. The molecule has 0 spiro atoms. The highest BCUT2D eigenvalue weighted by Crippen LogP contribution is 2.40. The summed E-state index contributed by atoms with van der Waals surface area (Å²) >= 11 is 0. The Balaban J connectivity index is 2.29. The van der Waals surface area contributed by atoms with Gasteiger partial charge in [-0.05, 0) is 12.1 Å². The quantitative estimate of drug-likeness (QED) is 0.797. The maximum Gasteiger partial charge on any atom is 0.251 e. The standard InChI is InChI=1S/C12H16N2O4/c1-16-9-6-8(12(15)14-3-2-13)7-10-11(9)18-5-4-17-10/h6-7H,2-5,13H2,1H3,(H,14,15). The number of fused-ring (bicyclic) bond motifs is 1. The van der Waals surface area contributed by atoms with Crippen LogP contribution in [0.2, 0.25) is 0 Å². The molecule has 0 unspecified atom stereocenters. The van der Waals surface area contributed by atoms with Crippen molar-refractivity contribution in [2.24, 2.45) is 5.73 Å². The summed E-state index contributed by atoms with van der Waals surface area (Å²) in [6.45, 7) is 1.76. The SMILES string of the molecule is COc1cc(C(=O)NCCN)cc2c1OCCO2. The molecule has 1 amide bonds. The number of hydrogen-bond acceptors (Lipinski definition) is 5. The van der Waals surface area contributed by atoms with E-state index in [4.69, 9.17) is 19.9 Å². The van der Waals surface area contributed by atoms with E-state index in [2.05, 4.69) is 5.32 Å². The lowest BCUT2D eigenvalue weighted by Crippen LogP contribution is -2.29. The second-order valence-electron chi connectivity index (χ2n) is 3.75. The molecule has 1 aromatic carbocycles. The summed E-state index contributed by atoms with van der Waals surface area (Å²) in [5, 5.41) is 2.69. The van der Waals surface area contributed by atoms with Crippen molar-refractivity contribution in [3.05, 3.63) is 17.7 Å². The van der Waals surface area contributed by atoms with E-state index in [0.29, 0.717) is 49.1 Å². The molecule has 0 bridgehead atoms. The van der Waals surface area contributed by atoms with Crippen LogP contribution in [-0.4, -0.2) is 39.3 Å². The van der Waals surface area contributed by atoms with Crippen LogP contribution in [0.3, 0.4) is 0 Å². The number of nitrogens with one attached hydrogen (secondary N) is 1. The highest BCUT2D eigenvalue weighted by atomic mass is 16.6. The Bertz CT molecular complexity index is 431. The van der Waals surface area contributed by atoms with E-state index in [-0.39, 0.29) is 5.91 Å². The zero-order valence-corrected chi connectivity index (χ0v) is 10.2. The molecule has 0 atom stereocenters. The monoisotopic (exact) mass is 252 g/mol. The summed E-state index contributed by atoms with van der Waals surface area (Å²) in [5.74, 6) is 1.35. The Labute approximate surface area is 105 Å². The second kappa shape index (κ2) is 5.59. The minimum atomic E-state index is -0.212. The van der Waals surface area contributed by atoms with Crippen LogP contribution < -0.4 is 25.3 Å². The van der Waals surface area contributed by atoms with Gasteiger partial charge >= 0.3 is 0 Å². The van der Waals surface area contributed by atoms with Gasteiger partial charge in [-0.25, -0.2) is 0 Å². The highest BCUT2D eigenvalue weighted by Gasteiger charge is 2.20. The van der Waals surface area contributed by atoms with Crippen molar-refractivity contribution < 1.29 is 19.0 Å². The fourth-order valence-electron chi connectivity index (χ4n) is 1.69. The smallest absolute Gasteiger partial charge is 0.251 e. The van der Waals surface area contributed by atoms with Crippen LogP contribution in [0.1, 0.15) is 10.4 Å². The van der Waals surface area contributed by atoms with Crippen molar-refractivity contribution in [1.82, 2.24) is 5.32 Å². The van der Waals surface area contributed by atoms with E-state index in [9.17, 15) is 4.79 Å². The number of methoxy groups -OCH3 is 1. The number of rotatable bonds is 4. The molecule has 3 N–H and O–H groups in total. The van der Waals surface area contributed by atoms with Gasteiger partial charge in [-0.2, -0.15) is 0 Å². The predicted molar refractivity (Wildman–Crippen MR) is 65.4 cm³/mol. The first kappa shape index (κ1) is 12.5. The average molecular weight is 252 g/mol. The van der Waals surface area contributed by atoms with E-state index >= 15 is 0 Å². The van der Waals surface area contributed by atoms with Gasteiger partial charge in [0.2, 0.25) is 5.75 Å². The number of amides is 1. The lowest BCUT2D eigenvalue weighted by atomic mass is 10.1. The van der Waals surface area contributed by atoms with E-state index in [1.165, 1.54) is 7.11 Å². The highest BCUT2D eigenvalue weighted by molar-refractivity contribution is 5.95. The van der Waals surface area contributed by atoms with Gasteiger partial charge in [-0.1, -0.05) is 0 Å². The minimum Gasteiger partial charge on any atom is -0.493 e. The molecule has 1 aliphatic rings. The molecule has 98 valence electrons. The molecule has 1 aromatic rings. The molecule has 1 heterocycles. The molecule has 0 saturated carbocycles. The van der Waals surface area contributed by atoms with Crippen LogP contribution in [0.4, 0.5) is 0 Å². The van der Waals surface area contributed by atoms with Crippen molar-refractivity contribution in [2.45, 2.75) is 0 Å². The first-order valence-electron chi connectivity index (χ1n) is 5.72. The lowest BCUT2D eigenvalue weighted by Gasteiger charge is -2.21. The van der Waals surface area contributed by atoms with Crippen LogP contribution in [0, 0.1) is 0 Å². The maximum absolute atomic E-state index is 11.8. The third-order valence-corrected chi connectivity index (χ3v) is 2.52. The molecule has 0 fully saturated rings. The van der Waals surface area contributed by atoms with E-state index in [1.54, 1.807) is 12.1 Å². The van der Waals surface area contributed by atoms with E-state index in [1.807, 2.05) is 0 Å². The zero-order chi connectivity index (χ0) is 13.0. The number of carbonyl (C=O) groups is 1. The Kier molecular flexibility index (Phi) is 3.88. The van der Waals surface area contributed by atoms with Gasteiger partial charge in [0.25, 0.3) is 5.91 Å². The summed E-state index contributed by atoms with van der Waals surface area (Å²) in [5.41, 5.74) is 5.80. The van der Waals surface area contributed by atoms with Crippen LogP contribution in [0.25, 0.3) is 0 Å². The van der Waals surface area contributed by atoms with Crippen molar-refractivity contribution in [3.8, 4) is 17.2 Å². The molecular weight excluding hydrogens is 236 g/mol. The first-order chi connectivity index (χ1) is 8.76. The molecule has 6 heteroatoms. The largest absolute Gasteiger partial charge is 0.493 e. The van der Waals surface area contributed by atoms with E-state index in [0.717, 1.165) is 0 Å². The number of ether oxygens (including phenoxy) is 3. The van der Waals surface area contributed by atoms with Crippen molar-refractivity contribution >= 4 is 5.91 Å². The van der Waals surface area contributed by atoms with Gasteiger partial charge < -0.3 is 25.3 Å². The normalized spacial score (nSPS) is 13.0. The van der Waals surface area contributed by atoms with Gasteiger partial charge in [-0.15, -0.1) is 0 Å². The number of carbonyl (C=O) groups excluding carboxylic acids is 1. The molecule has 2 rings (SSSR count).